The molecule has 0 bridgehead atoms. The Hall–Kier alpha value is -2.62. The highest BCUT2D eigenvalue weighted by atomic mass is 16.2. The molecule has 1 amide bonds. The van der Waals surface area contributed by atoms with Crippen molar-refractivity contribution in [2.45, 2.75) is 26.3 Å². The molecular formula is C18H20N2O2. The van der Waals surface area contributed by atoms with Gasteiger partial charge in [-0.05, 0) is 49.1 Å². The first-order chi connectivity index (χ1) is 10.5. The topological polar surface area (TPSA) is 72.2 Å². The van der Waals surface area contributed by atoms with E-state index in [0.717, 1.165) is 23.0 Å². The van der Waals surface area contributed by atoms with Crippen molar-refractivity contribution in [1.82, 2.24) is 5.32 Å². The number of aryl methyl sites for hydroxylation is 2. The first-order valence-electron chi connectivity index (χ1n) is 7.18. The summed E-state index contributed by atoms with van der Waals surface area (Å²) in [5.41, 5.74) is 9.69. The molecule has 2 aromatic carbocycles. The van der Waals surface area contributed by atoms with E-state index in [-0.39, 0.29) is 5.91 Å². The second kappa shape index (κ2) is 6.89. The van der Waals surface area contributed by atoms with Gasteiger partial charge in [-0.2, -0.15) is 0 Å². The smallest absolute Gasteiger partial charge is 0.252 e. The van der Waals surface area contributed by atoms with Crippen LogP contribution in [0.5, 0.6) is 0 Å². The van der Waals surface area contributed by atoms with E-state index in [1.54, 1.807) is 12.1 Å². The van der Waals surface area contributed by atoms with Crippen molar-refractivity contribution in [2.75, 3.05) is 5.73 Å². The summed E-state index contributed by atoms with van der Waals surface area (Å²) in [5.74, 6) is -0.219. The Morgan fingerprint density at radius 3 is 2.27 bits per heavy atom. The number of rotatable bonds is 5. The SMILES string of the molecule is Cc1cccc(C)c1C(=O)NC(C=O)Cc1ccc(N)cc1. The second-order valence-electron chi connectivity index (χ2n) is 5.43. The molecule has 1 atom stereocenters. The van der Waals surface area contributed by atoms with Crippen LogP contribution < -0.4 is 11.1 Å². The van der Waals surface area contributed by atoms with Gasteiger partial charge in [0.1, 0.15) is 6.29 Å². The third-order valence-electron chi connectivity index (χ3n) is 3.62. The van der Waals surface area contributed by atoms with Crippen LogP contribution in [0.2, 0.25) is 0 Å². The standard InChI is InChI=1S/C18H20N2O2/c1-12-4-3-5-13(2)17(12)18(22)20-16(11-21)10-14-6-8-15(19)9-7-14/h3-9,11,16H,10,19H2,1-2H3,(H,20,22). The van der Waals surface area contributed by atoms with E-state index < -0.39 is 6.04 Å². The Labute approximate surface area is 130 Å². The Balaban J connectivity index is 2.11. The molecule has 2 rings (SSSR count). The van der Waals surface area contributed by atoms with E-state index in [4.69, 9.17) is 5.73 Å². The highest BCUT2D eigenvalue weighted by Crippen LogP contribution is 2.14. The van der Waals surface area contributed by atoms with Gasteiger partial charge in [0.25, 0.3) is 5.91 Å². The average molecular weight is 296 g/mol. The third kappa shape index (κ3) is 3.73. The Morgan fingerprint density at radius 2 is 1.73 bits per heavy atom. The zero-order chi connectivity index (χ0) is 16.1. The van der Waals surface area contributed by atoms with E-state index in [2.05, 4.69) is 5.32 Å². The summed E-state index contributed by atoms with van der Waals surface area (Å²) in [7, 11) is 0. The van der Waals surface area contributed by atoms with E-state index in [0.29, 0.717) is 17.7 Å². The molecule has 0 saturated carbocycles. The molecule has 0 aromatic heterocycles. The summed E-state index contributed by atoms with van der Waals surface area (Å²) in [5, 5.41) is 2.79. The largest absolute Gasteiger partial charge is 0.399 e. The minimum atomic E-state index is -0.560. The predicted molar refractivity (Wildman–Crippen MR) is 87.8 cm³/mol. The average Bonchev–Trinajstić information content (AvgIpc) is 2.48. The number of benzene rings is 2. The van der Waals surface area contributed by atoms with Crippen LogP contribution in [0.4, 0.5) is 5.69 Å². The van der Waals surface area contributed by atoms with Gasteiger partial charge in [-0.25, -0.2) is 0 Å². The maximum Gasteiger partial charge on any atom is 0.252 e. The second-order valence-corrected chi connectivity index (χ2v) is 5.43. The van der Waals surface area contributed by atoms with Gasteiger partial charge in [0.15, 0.2) is 0 Å². The Kier molecular flexibility index (Phi) is 4.94. The number of nitrogens with one attached hydrogen (secondary N) is 1. The fraction of sp³-hybridized carbons (Fsp3) is 0.222. The van der Waals surface area contributed by atoms with Crippen LogP contribution >= 0.6 is 0 Å². The maximum absolute atomic E-state index is 12.4. The Morgan fingerprint density at radius 1 is 1.14 bits per heavy atom. The van der Waals surface area contributed by atoms with Crippen LogP contribution in [-0.4, -0.2) is 18.2 Å². The number of hydrogen-bond donors (Lipinski definition) is 2. The van der Waals surface area contributed by atoms with Crippen LogP contribution in [0, 0.1) is 13.8 Å². The lowest BCUT2D eigenvalue weighted by Crippen LogP contribution is -2.38. The molecule has 4 heteroatoms. The molecule has 0 radical (unpaired) electrons. The number of hydrogen-bond acceptors (Lipinski definition) is 3. The van der Waals surface area contributed by atoms with Crippen molar-refractivity contribution >= 4 is 17.9 Å². The zero-order valence-electron chi connectivity index (χ0n) is 12.8. The van der Waals surface area contributed by atoms with Gasteiger partial charge in [-0.15, -0.1) is 0 Å². The highest BCUT2D eigenvalue weighted by Gasteiger charge is 2.16. The minimum Gasteiger partial charge on any atom is -0.399 e. The van der Waals surface area contributed by atoms with Gasteiger partial charge in [-0.3, -0.25) is 4.79 Å². The number of nitrogens with two attached hydrogens (primary N) is 1. The number of carbonyl (C=O) groups excluding carboxylic acids is 2. The van der Waals surface area contributed by atoms with Gasteiger partial charge >= 0.3 is 0 Å². The zero-order valence-corrected chi connectivity index (χ0v) is 12.8. The molecule has 0 aliphatic heterocycles. The molecule has 2 aromatic rings. The molecule has 22 heavy (non-hydrogen) atoms. The molecule has 0 heterocycles. The van der Waals surface area contributed by atoms with Crippen molar-refractivity contribution in [3.05, 3.63) is 64.7 Å². The Bertz CT molecular complexity index is 658. The maximum atomic E-state index is 12.4. The van der Waals surface area contributed by atoms with Gasteiger partial charge < -0.3 is 15.8 Å². The molecule has 0 saturated heterocycles. The third-order valence-corrected chi connectivity index (χ3v) is 3.62. The quantitative estimate of drug-likeness (QED) is 0.657. The monoisotopic (exact) mass is 296 g/mol. The fourth-order valence-electron chi connectivity index (χ4n) is 2.45. The van der Waals surface area contributed by atoms with E-state index in [1.807, 2.05) is 44.2 Å². The molecule has 4 nitrogen and oxygen atoms in total. The van der Waals surface area contributed by atoms with Crippen molar-refractivity contribution in [1.29, 1.82) is 0 Å². The van der Waals surface area contributed by atoms with Crippen LogP contribution in [0.3, 0.4) is 0 Å². The van der Waals surface area contributed by atoms with Crippen LogP contribution in [0.15, 0.2) is 42.5 Å². The van der Waals surface area contributed by atoms with Crippen molar-refractivity contribution in [2.24, 2.45) is 0 Å². The van der Waals surface area contributed by atoms with Crippen LogP contribution in [0.25, 0.3) is 0 Å². The lowest BCUT2D eigenvalue weighted by atomic mass is 10.0. The molecule has 0 fully saturated rings. The van der Waals surface area contributed by atoms with Gasteiger partial charge in [0.05, 0.1) is 6.04 Å². The first kappa shape index (κ1) is 15.8. The van der Waals surface area contributed by atoms with Crippen molar-refractivity contribution < 1.29 is 9.59 Å². The van der Waals surface area contributed by atoms with Gasteiger partial charge in [-0.1, -0.05) is 30.3 Å². The molecule has 3 N–H and O–H groups in total. The lowest BCUT2D eigenvalue weighted by molar-refractivity contribution is -0.109. The van der Waals surface area contributed by atoms with Crippen molar-refractivity contribution in [3.63, 3.8) is 0 Å². The fourth-order valence-corrected chi connectivity index (χ4v) is 2.45. The number of nitrogen functional groups attached to an aromatic ring is 1. The first-order valence-corrected chi connectivity index (χ1v) is 7.18. The normalized spacial score (nSPS) is 11.7. The summed E-state index contributed by atoms with van der Waals surface area (Å²) in [4.78, 5) is 23.7. The highest BCUT2D eigenvalue weighted by molar-refractivity contribution is 5.98. The molecule has 0 aliphatic carbocycles. The van der Waals surface area contributed by atoms with Gasteiger partial charge in [0.2, 0.25) is 0 Å². The lowest BCUT2D eigenvalue weighted by Gasteiger charge is -2.15. The van der Waals surface area contributed by atoms with Crippen molar-refractivity contribution in [3.8, 4) is 0 Å². The molecular weight excluding hydrogens is 276 g/mol. The van der Waals surface area contributed by atoms with E-state index in [9.17, 15) is 9.59 Å². The number of amides is 1. The number of carbonyl (C=O) groups is 2. The van der Waals surface area contributed by atoms with Crippen LogP contribution in [0.1, 0.15) is 27.0 Å². The summed E-state index contributed by atoms with van der Waals surface area (Å²) in [6.07, 6.45) is 1.21. The summed E-state index contributed by atoms with van der Waals surface area (Å²) in [6.45, 7) is 3.77. The van der Waals surface area contributed by atoms with Gasteiger partial charge in [0, 0.05) is 11.3 Å². The summed E-state index contributed by atoms with van der Waals surface area (Å²) in [6, 6.07) is 12.4. The number of anilines is 1. The molecule has 114 valence electrons. The number of aldehydes is 1. The van der Waals surface area contributed by atoms with Crippen LogP contribution in [-0.2, 0) is 11.2 Å². The minimum absolute atomic E-state index is 0.219. The van der Waals surface area contributed by atoms with E-state index in [1.165, 1.54) is 0 Å². The molecule has 0 aliphatic rings. The summed E-state index contributed by atoms with van der Waals surface area (Å²) >= 11 is 0. The predicted octanol–water partition coefficient (Wildman–Crippen LogP) is 2.43. The molecule has 0 spiro atoms. The molecule has 1 unspecified atom stereocenters. The summed E-state index contributed by atoms with van der Waals surface area (Å²) < 4.78 is 0. The van der Waals surface area contributed by atoms with E-state index >= 15 is 0 Å².